The van der Waals surface area contributed by atoms with E-state index in [1.54, 1.807) is 20.8 Å². The third kappa shape index (κ3) is 9.53. The zero-order valence-electron chi connectivity index (χ0n) is 19.8. The number of nitrogens with one attached hydrogen (secondary N) is 1. The molecule has 1 aromatic rings. The van der Waals surface area contributed by atoms with Gasteiger partial charge in [-0.2, -0.15) is 0 Å². The number of aliphatic hydroxyl groups excluding tert-OH is 1. The lowest BCUT2D eigenvalue weighted by atomic mass is 10.1. The number of carbonyl (C=O) groups excluding carboxylic acids is 1. The SMILES string of the molecule is CC(C)(C)OC(=O)N[C@@H](COc1cc(F)cc(F)c1)C(CCO)O[Si](C)(C)C(C)(C)C. The zero-order valence-corrected chi connectivity index (χ0v) is 20.8. The molecule has 0 aliphatic carbocycles. The maximum Gasteiger partial charge on any atom is 0.408 e. The van der Waals surface area contributed by atoms with Crippen LogP contribution in [0.2, 0.25) is 18.1 Å². The van der Waals surface area contributed by atoms with Gasteiger partial charge in [0.1, 0.15) is 29.6 Å². The summed E-state index contributed by atoms with van der Waals surface area (Å²) in [5.41, 5.74) is -0.714. The number of ether oxygens (including phenoxy) is 2. The van der Waals surface area contributed by atoms with Gasteiger partial charge in [0.2, 0.25) is 0 Å². The number of hydrogen-bond donors (Lipinski definition) is 2. The second-order valence-corrected chi connectivity index (χ2v) is 14.9. The summed E-state index contributed by atoms with van der Waals surface area (Å²) in [6.45, 7) is 15.3. The van der Waals surface area contributed by atoms with Crippen molar-refractivity contribution in [2.24, 2.45) is 0 Å². The molecule has 0 spiro atoms. The lowest BCUT2D eigenvalue weighted by Crippen LogP contribution is -2.54. The number of aliphatic hydroxyl groups is 1. The van der Waals surface area contributed by atoms with Gasteiger partial charge in [0.25, 0.3) is 0 Å². The molecule has 6 nitrogen and oxygen atoms in total. The van der Waals surface area contributed by atoms with E-state index in [9.17, 15) is 18.7 Å². The first-order chi connectivity index (χ1) is 14.0. The van der Waals surface area contributed by atoms with E-state index in [1.165, 1.54) is 0 Å². The molecule has 31 heavy (non-hydrogen) atoms. The van der Waals surface area contributed by atoms with Gasteiger partial charge in [-0.25, -0.2) is 13.6 Å². The Morgan fingerprint density at radius 2 is 1.65 bits per heavy atom. The summed E-state index contributed by atoms with van der Waals surface area (Å²) < 4.78 is 44.4. The van der Waals surface area contributed by atoms with Crippen molar-refractivity contribution in [2.45, 2.75) is 83.8 Å². The Kier molecular flexibility index (Phi) is 9.46. The monoisotopic (exact) mass is 461 g/mol. The van der Waals surface area contributed by atoms with Crippen molar-refractivity contribution in [1.82, 2.24) is 5.32 Å². The maximum atomic E-state index is 13.5. The average Bonchev–Trinajstić information content (AvgIpc) is 2.54. The van der Waals surface area contributed by atoms with Gasteiger partial charge in [0.15, 0.2) is 8.32 Å². The molecule has 0 fully saturated rings. The first kappa shape index (κ1) is 27.3. The van der Waals surface area contributed by atoms with Crippen LogP contribution in [0.25, 0.3) is 0 Å². The number of carbonyl (C=O) groups is 1. The molecular formula is C22H37F2NO5Si. The van der Waals surface area contributed by atoms with Crippen molar-refractivity contribution in [1.29, 1.82) is 0 Å². The van der Waals surface area contributed by atoms with Gasteiger partial charge in [-0.1, -0.05) is 20.8 Å². The third-order valence-electron chi connectivity index (χ3n) is 5.08. The molecule has 0 saturated heterocycles. The maximum absolute atomic E-state index is 13.5. The lowest BCUT2D eigenvalue weighted by Gasteiger charge is -2.41. The Hall–Kier alpha value is -1.71. The smallest absolute Gasteiger partial charge is 0.408 e. The van der Waals surface area contributed by atoms with Crippen molar-refractivity contribution in [3.05, 3.63) is 29.8 Å². The van der Waals surface area contributed by atoms with E-state index in [0.29, 0.717) is 0 Å². The van der Waals surface area contributed by atoms with E-state index in [-0.39, 0.29) is 30.4 Å². The standard InChI is InChI=1S/C22H37F2NO5Si/c1-21(2,3)29-20(27)25-18(14-28-17-12-15(23)11-16(24)13-17)19(9-10-26)30-31(7,8)22(4,5)6/h11-13,18-19,26H,9-10,14H2,1-8H3,(H,25,27)/t18-,19?/m0/s1. The highest BCUT2D eigenvalue weighted by Crippen LogP contribution is 2.38. The Balaban J connectivity index is 3.12. The predicted octanol–water partition coefficient (Wildman–Crippen LogP) is 5.01. The lowest BCUT2D eigenvalue weighted by molar-refractivity contribution is 0.0347. The summed E-state index contributed by atoms with van der Waals surface area (Å²) in [5, 5.41) is 12.3. The summed E-state index contributed by atoms with van der Waals surface area (Å²) in [5.74, 6) is -1.55. The number of rotatable bonds is 9. The fraction of sp³-hybridized carbons (Fsp3) is 0.682. The minimum absolute atomic E-state index is 0.0106. The molecule has 178 valence electrons. The topological polar surface area (TPSA) is 77.0 Å². The van der Waals surface area contributed by atoms with Gasteiger partial charge in [-0.15, -0.1) is 0 Å². The Morgan fingerprint density at radius 3 is 2.10 bits per heavy atom. The van der Waals surface area contributed by atoms with E-state index in [4.69, 9.17) is 13.9 Å². The summed E-state index contributed by atoms with van der Waals surface area (Å²) in [4.78, 5) is 12.4. The van der Waals surface area contributed by atoms with Crippen LogP contribution >= 0.6 is 0 Å². The van der Waals surface area contributed by atoms with Gasteiger partial charge in [-0.05, 0) is 45.3 Å². The molecule has 0 radical (unpaired) electrons. The normalized spacial score (nSPS) is 14.7. The molecule has 0 saturated carbocycles. The number of hydrogen-bond acceptors (Lipinski definition) is 5. The van der Waals surface area contributed by atoms with Gasteiger partial charge in [0, 0.05) is 24.8 Å². The Bertz CT molecular complexity index is 711. The minimum Gasteiger partial charge on any atom is -0.491 e. The molecule has 0 heterocycles. The molecule has 1 aromatic carbocycles. The van der Waals surface area contributed by atoms with Crippen LogP contribution in [0.4, 0.5) is 13.6 Å². The van der Waals surface area contributed by atoms with Crippen LogP contribution in [0.15, 0.2) is 18.2 Å². The fourth-order valence-electron chi connectivity index (χ4n) is 2.52. The summed E-state index contributed by atoms with van der Waals surface area (Å²) in [6.07, 6.45) is -1.02. The van der Waals surface area contributed by atoms with E-state index in [2.05, 4.69) is 39.2 Å². The first-order valence-corrected chi connectivity index (χ1v) is 13.3. The molecule has 0 aliphatic heterocycles. The highest BCUT2D eigenvalue weighted by Gasteiger charge is 2.41. The molecule has 1 unspecified atom stereocenters. The van der Waals surface area contributed by atoms with E-state index in [1.807, 2.05) is 0 Å². The first-order valence-electron chi connectivity index (χ1n) is 10.4. The summed E-state index contributed by atoms with van der Waals surface area (Å²) in [7, 11) is -2.27. The van der Waals surface area contributed by atoms with E-state index in [0.717, 1.165) is 18.2 Å². The molecular weight excluding hydrogens is 424 g/mol. The Labute approximate surface area is 185 Å². The van der Waals surface area contributed by atoms with E-state index >= 15 is 0 Å². The molecule has 2 N–H and O–H groups in total. The van der Waals surface area contributed by atoms with Crippen molar-refractivity contribution >= 4 is 14.4 Å². The van der Waals surface area contributed by atoms with E-state index < -0.39 is 43.8 Å². The van der Waals surface area contributed by atoms with Crippen LogP contribution in [0.5, 0.6) is 5.75 Å². The van der Waals surface area contributed by atoms with Gasteiger partial charge in [-0.3, -0.25) is 0 Å². The zero-order chi connectivity index (χ0) is 24.0. The highest BCUT2D eigenvalue weighted by molar-refractivity contribution is 6.74. The Morgan fingerprint density at radius 1 is 1.10 bits per heavy atom. The number of halogens is 2. The van der Waals surface area contributed by atoms with Crippen molar-refractivity contribution in [2.75, 3.05) is 13.2 Å². The van der Waals surface area contributed by atoms with Crippen molar-refractivity contribution in [3.8, 4) is 5.75 Å². The molecule has 1 rings (SSSR count). The average molecular weight is 462 g/mol. The number of alkyl carbamates (subject to hydrolysis) is 1. The second kappa shape index (κ2) is 10.7. The quantitative estimate of drug-likeness (QED) is 0.506. The molecule has 1 amide bonds. The van der Waals surface area contributed by atoms with Crippen LogP contribution in [0.1, 0.15) is 48.0 Å². The number of amides is 1. The fourth-order valence-corrected chi connectivity index (χ4v) is 3.92. The minimum atomic E-state index is -2.27. The predicted molar refractivity (Wildman–Crippen MR) is 119 cm³/mol. The second-order valence-electron chi connectivity index (χ2n) is 10.1. The van der Waals surface area contributed by atoms with Crippen LogP contribution in [-0.4, -0.2) is 50.5 Å². The van der Waals surface area contributed by atoms with Gasteiger partial charge in [0.05, 0.1) is 12.1 Å². The molecule has 0 aliphatic rings. The molecule has 9 heteroatoms. The van der Waals surface area contributed by atoms with Crippen molar-refractivity contribution in [3.63, 3.8) is 0 Å². The van der Waals surface area contributed by atoms with Crippen LogP contribution in [0, 0.1) is 11.6 Å². The number of benzene rings is 1. The molecule has 0 aromatic heterocycles. The molecule has 2 atom stereocenters. The summed E-state index contributed by atoms with van der Waals surface area (Å²) >= 11 is 0. The third-order valence-corrected chi connectivity index (χ3v) is 9.59. The summed E-state index contributed by atoms with van der Waals surface area (Å²) in [6, 6.07) is 2.15. The largest absolute Gasteiger partial charge is 0.491 e. The van der Waals surface area contributed by atoms with Crippen molar-refractivity contribution < 1.29 is 32.6 Å². The van der Waals surface area contributed by atoms with Gasteiger partial charge < -0.3 is 24.3 Å². The van der Waals surface area contributed by atoms with Crippen LogP contribution in [-0.2, 0) is 9.16 Å². The van der Waals surface area contributed by atoms with Gasteiger partial charge >= 0.3 is 6.09 Å². The van der Waals surface area contributed by atoms with Crippen LogP contribution < -0.4 is 10.1 Å². The van der Waals surface area contributed by atoms with Crippen LogP contribution in [0.3, 0.4) is 0 Å². The highest BCUT2D eigenvalue weighted by atomic mass is 28.4. The molecule has 0 bridgehead atoms.